The third-order valence-electron chi connectivity index (χ3n) is 4.60. The molecule has 1 aromatic rings. The van der Waals surface area contributed by atoms with Crippen LogP contribution in [0.4, 0.5) is 0 Å². The summed E-state index contributed by atoms with van der Waals surface area (Å²) in [6.07, 6.45) is 0. The summed E-state index contributed by atoms with van der Waals surface area (Å²) in [5.41, 5.74) is 9.62. The molecule has 21 heavy (non-hydrogen) atoms. The molecule has 0 saturated carbocycles. The fraction of sp³-hybridized carbons (Fsp3) is 0.556. The van der Waals surface area contributed by atoms with Crippen molar-refractivity contribution in [3.8, 4) is 0 Å². The van der Waals surface area contributed by atoms with Crippen molar-refractivity contribution in [2.24, 2.45) is 0 Å². The number of hydrogen-bond acceptors (Lipinski definition) is 1. The van der Waals surface area contributed by atoms with Gasteiger partial charge in [0.25, 0.3) is 0 Å². The van der Waals surface area contributed by atoms with Gasteiger partial charge in [-0.2, -0.15) is 0 Å². The Morgan fingerprint density at radius 2 is 1.62 bits per heavy atom. The molecule has 1 aromatic carbocycles. The summed E-state index contributed by atoms with van der Waals surface area (Å²) in [5.74, 6) is 0. The Kier molecular flexibility index (Phi) is 5.88. The molecule has 1 nitrogen and oxygen atoms in total. The third kappa shape index (κ3) is 3.45. The van der Waals surface area contributed by atoms with E-state index >= 15 is 0 Å². The maximum atomic E-state index is 3.90. The number of rotatable bonds is 3. The molecule has 114 valence electrons. The van der Waals surface area contributed by atoms with Gasteiger partial charge in [-0.05, 0) is 56.0 Å². The van der Waals surface area contributed by atoms with Crippen molar-refractivity contribution in [2.45, 2.75) is 66.2 Å². The predicted molar refractivity (Wildman–Crippen MR) is 92.7 cm³/mol. The summed E-state index contributed by atoms with van der Waals surface area (Å²) in [4.78, 5) is 3.90. The van der Waals surface area contributed by atoms with Gasteiger partial charge in [-0.15, -0.1) is 0 Å². The molecular weight excluding hydrogens is 306 g/mol. The van der Waals surface area contributed by atoms with E-state index in [-0.39, 0.29) is 21.7 Å². The number of nitrogens with one attached hydrogen (secondary N) is 1. The molecule has 1 aliphatic carbocycles. The first-order valence-corrected chi connectivity index (χ1v) is 10.8. The van der Waals surface area contributed by atoms with Gasteiger partial charge in [0.05, 0.1) is 0 Å². The van der Waals surface area contributed by atoms with Crippen LogP contribution in [0.15, 0.2) is 17.7 Å². The van der Waals surface area contributed by atoms with Gasteiger partial charge in [0, 0.05) is 27.3 Å². The quantitative estimate of drug-likeness (QED) is 0.772. The van der Waals surface area contributed by atoms with Gasteiger partial charge in [0.1, 0.15) is 8.24 Å². The van der Waals surface area contributed by atoms with E-state index < -0.39 is 8.24 Å². The second-order valence-electron chi connectivity index (χ2n) is 7.31. The van der Waals surface area contributed by atoms with Crippen LogP contribution in [0.25, 0.3) is 5.57 Å². The molecule has 0 heterocycles. The Labute approximate surface area is 146 Å². The van der Waals surface area contributed by atoms with Gasteiger partial charge < -0.3 is 4.98 Å². The molecule has 0 aliphatic heterocycles. The molecule has 0 fully saturated rings. The summed E-state index contributed by atoms with van der Waals surface area (Å²) < 4.78 is 0. The normalized spacial score (nSPS) is 18.0. The molecule has 0 spiro atoms. The molecule has 1 aliphatic rings. The van der Waals surface area contributed by atoms with Gasteiger partial charge in [0.15, 0.2) is 0 Å². The zero-order valence-corrected chi connectivity index (χ0v) is 17.4. The summed E-state index contributed by atoms with van der Waals surface area (Å²) in [5, 5.41) is 0. The molecule has 0 bridgehead atoms. The molecule has 0 amide bonds. The van der Waals surface area contributed by atoms with Gasteiger partial charge >= 0.3 is 0 Å². The fourth-order valence-corrected chi connectivity index (χ4v) is 8.10. The summed E-state index contributed by atoms with van der Waals surface area (Å²) >= 11 is 0. The zero-order valence-electron chi connectivity index (χ0n) is 14.8. The SMILES string of the molecule is CC1=C(C)C([Si](C)(C)NC(C)C)c2cc(C)cc(C)c21.[Ti]. The molecule has 1 unspecified atom stereocenters. The average Bonchev–Trinajstić information content (AvgIpc) is 2.49. The van der Waals surface area contributed by atoms with Crippen molar-refractivity contribution in [3.63, 3.8) is 0 Å². The molecule has 0 aromatic heterocycles. The molecular formula is C18H29NSiTi. The van der Waals surface area contributed by atoms with Crippen LogP contribution in [0, 0.1) is 13.8 Å². The minimum atomic E-state index is -1.54. The predicted octanol–water partition coefficient (Wildman–Crippen LogP) is 4.93. The van der Waals surface area contributed by atoms with Crippen molar-refractivity contribution < 1.29 is 21.7 Å². The van der Waals surface area contributed by atoms with Crippen LogP contribution >= 0.6 is 0 Å². The minimum absolute atomic E-state index is 0. The first-order valence-electron chi connectivity index (χ1n) is 7.71. The standard InChI is InChI=1S/C18H29NSi.Ti/c1-11(2)19-20(7,8)18-15(6)14(5)17-13(4)9-12(3)10-16(17)18;/h9-11,18-19H,1-8H3;. The smallest absolute Gasteiger partial charge is 0.131 e. The van der Waals surface area contributed by atoms with Crippen LogP contribution in [-0.4, -0.2) is 14.3 Å². The van der Waals surface area contributed by atoms with Gasteiger partial charge in [-0.25, -0.2) is 0 Å². The van der Waals surface area contributed by atoms with E-state index in [4.69, 9.17) is 0 Å². The summed E-state index contributed by atoms with van der Waals surface area (Å²) in [6.45, 7) is 18.6. The molecule has 1 atom stereocenters. The second-order valence-corrected chi connectivity index (χ2v) is 11.6. The molecule has 1 N–H and O–H groups in total. The van der Waals surface area contributed by atoms with Gasteiger partial charge in [-0.3, -0.25) is 0 Å². The van der Waals surface area contributed by atoms with Crippen LogP contribution in [-0.2, 0) is 21.7 Å². The van der Waals surface area contributed by atoms with E-state index in [0.717, 1.165) is 0 Å². The van der Waals surface area contributed by atoms with Crippen molar-refractivity contribution in [2.75, 3.05) is 0 Å². The van der Waals surface area contributed by atoms with Crippen molar-refractivity contribution in [3.05, 3.63) is 40.0 Å². The van der Waals surface area contributed by atoms with E-state index in [2.05, 4.69) is 71.8 Å². The Morgan fingerprint density at radius 3 is 2.14 bits per heavy atom. The van der Waals surface area contributed by atoms with Crippen molar-refractivity contribution >= 4 is 13.8 Å². The van der Waals surface area contributed by atoms with E-state index in [0.29, 0.717) is 11.6 Å². The number of hydrogen-bond donors (Lipinski definition) is 1. The molecule has 0 radical (unpaired) electrons. The Morgan fingerprint density at radius 1 is 1.05 bits per heavy atom. The van der Waals surface area contributed by atoms with Crippen LogP contribution in [0.1, 0.15) is 55.5 Å². The first kappa shape index (κ1) is 18.9. The van der Waals surface area contributed by atoms with E-state index in [1.807, 2.05) is 0 Å². The maximum Gasteiger partial charge on any atom is 0.131 e. The minimum Gasteiger partial charge on any atom is -0.335 e. The first-order chi connectivity index (χ1) is 9.15. The number of aryl methyl sites for hydroxylation is 2. The van der Waals surface area contributed by atoms with Crippen LogP contribution in [0.5, 0.6) is 0 Å². The van der Waals surface area contributed by atoms with E-state index in [1.54, 1.807) is 11.1 Å². The van der Waals surface area contributed by atoms with E-state index in [9.17, 15) is 0 Å². The van der Waals surface area contributed by atoms with Gasteiger partial charge in [-0.1, -0.05) is 50.2 Å². The van der Waals surface area contributed by atoms with E-state index in [1.165, 1.54) is 22.3 Å². The third-order valence-corrected chi connectivity index (χ3v) is 8.11. The fourth-order valence-electron chi connectivity index (χ4n) is 4.14. The number of benzene rings is 1. The molecule has 2 rings (SSSR count). The molecule has 0 saturated heterocycles. The Bertz CT molecular complexity index is 573. The average molecular weight is 335 g/mol. The topological polar surface area (TPSA) is 12.0 Å². The van der Waals surface area contributed by atoms with Crippen molar-refractivity contribution in [1.29, 1.82) is 0 Å². The summed E-state index contributed by atoms with van der Waals surface area (Å²) in [7, 11) is -1.54. The zero-order chi connectivity index (χ0) is 15.2. The largest absolute Gasteiger partial charge is 0.335 e. The van der Waals surface area contributed by atoms with Crippen molar-refractivity contribution in [1.82, 2.24) is 4.98 Å². The summed E-state index contributed by atoms with van der Waals surface area (Å²) in [6, 6.07) is 5.30. The number of allylic oxidation sites excluding steroid dienone is 2. The second kappa shape index (κ2) is 6.54. The van der Waals surface area contributed by atoms with Crippen LogP contribution in [0.2, 0.25) is 13.1 Å². The van der Waals surface area contributed by atoms with Gasteiger partial charge in [0.2, 0.25) is 0 Å². The van der Waals surface area contributed by atoms with Crippen LogP contribution < -0.4 is 4.98 Å². The maximum absolute atomic E-state index is 3.90. The van der Waals surface area contributed by atoms with Crippen LogP contribution in [0.3, 0.4) is 0 Å². The Hall–Kier alpha value is -0.149. The monoisotopic (exact) mass is 335 g/mol. The molecule has 3 heteroatoms. The number of fused-ring (bicyclic) bond motifs is 1. The Balaban J connectivity index is 0.00000220.